The van der Waals surface area contributed by atoms with Crippen molar-refractivity contribution in [3.05, 3.63) is 65.9 Å². The number of nitrogens with zero attached hydrogens (tertiary/aromatic N) is 1. The molecule has 0 aliphatic heterocycles. The molecule has 1 nitrogen and oxygen atoms in total. The SMILES string of the molecule is CCCCCCc1ccc2nc(C)cc(-c3ccccc3)c2c1. The van der Waals surface area contributed by atoms with Gasteiger partial charge >= 0.3 is 0 Å². The standard InChI is InChI=1S/C22H25N/c1-3-4-5-7-10-18-13-14-22-21(16-18)20(15-17(2)23-22)19-11-8-6-9-12-19/h6,8-9,11-16H,3-5,7,10H2,1-2H3. The second-order valence-corrected chi connectivity index (χ2v) is 6.34. The molecule has 0 fully saturated rings. The van der Waals surface area contributed by atoms with Crippen LogP contribution in [0, 0.1) is 6.92 Å². The third-order valence-electron chi connectivity index (χ3n) is 4.40. The van der Waals surface area contributed by atoms with Crippen LogP contribution >= 0.6 is 0 Å². The molecule has 0 saturated carbocycles. The fourth-order valence-electron chi connectivity index (χ4n) is 3.17. The molecule has 0 amide bonds. The predicted molar refractivity (Wildman–Crippen MR) is 99.8 cm³/mol. The second-order valence-electron chi connectivity index (χ2n) is 6.34. The van der Waals surface area contributed by atoms with E-state index in [0.717, 1.165) is 17.6 Å². The Balaban J connectivity index is 1.98. The maximum Gasteiger partial charge on any atom is 0.0711 e. The van der Waals surface area contributed by atoms with Crippen molar-refractivity contribution in [2.24, 2.45) is 0 Å². The van der Waals surface area contributed by atoms with E-state index in [1.54, 1.807) is 0 Å². The average molecular weight is 303 g/mol. The Bertz CT molecular complexity index is 775. The minimum Gasteiger partial charge on any atom is -0.253 e. The summed E-state index contributed by atoms with van der Waals surface area (Å²) < 4.78 is 0. The van der Waals surface area contributed by atoms with Gasteiger partial charge in [-0.25, -0.2) is 0 Å². The van der Waals surface area contributed by atoms with Crippen LogP contribution in [0.5, 0.6) is 0 Å². The topological polar surface area (TPSA) is 12.9 Å². The Morgan fingerprint density at radius 2 is 1.70 bits per heavy atom. The van der Waals surface area contributed by atoms with Crippen molar-refractivity contribution in [1.29, 1.82) is 0 Å². The van der Waals surface area contributed by atoms with Crippen molar-refractivity contribution in [3.8, 4) is 11.1 Å². The van der Waals surface area contributed by atoms with Crippen LogP contribution in [0.15, 0.2) is 54.6 Å². The molecule has 3 rings (SSSR count). The van der Waals surface area contributed by atoms with Crippen LogP contribution in [-0.2, 0) is 6.42 Å². The van der Waals surface area contributed by atoms with Crippen LogP contribution in [0.2, 0.25) is 0 Å². The predicted octanol–water partition coefficient (Wildman–Crippen LogP) is 6.33. The largest absolute Gasteiger partial charge is 0.253 e. The summed E-state index contributed by atoms with van der Waals surface area (Å²) in [5.41, 5.74) is 6.17. The van der Waals surface area contributed by atoms with Gasteiger partial charge in [-0.2, -0.15) is 0 Å². The lowest BCUT2D eigenvalue weighted by Gasteiger charge is -2.10. The molecule has 3 aromatic rings. The van der Waals surface area contributed by atoms with Gasteiger partial charge in [-0.05, 0) is 54.7 Å². The van der Waals surface area contributed by atoms with E-state index in [1.807, 2.05) is 0 Å². The number of pyridine rings is 1. The Labute approximate surface area is 139 Å². The molecule has 0 N–H and O–H groups in total. The molecule has 0 saturated heterocycles. The Hall–Kier alpha value is -2.15. The van der Waals surface area contributed by atoms with Crippen molar-refractivity contribution >= 4 is 10.9 Å². The number of fused-ring (bicyclic) bond motifs is 1. The van der Waals surface area contributed by atoms with Gasteiger partial charge in [0.2, 0.25) is 0 Å². The van der Waals surface area contributed by atoms with Crippen LogP contribution in [0.1, 0.15) is 43.9 Å². The summed E-state index contributed by atoms with van der Waals surface area (Å²) >= 11 is 0. The lowest BCUT2D eigenvalue weighted by atomic mass is 9.97. The van der Waals surface area contributed by atoms with E-state index in [2.05, 4.69) is 68.4 Å². The summed E-state index contributed by atoms with van der Waals surface area (Å²) in [6.45, 7) is 4.33. The molecule has 0 bridgehead atoms. The smallest absolute Gasteiger partial charge is 0.0711 e. The molecular weight excluding hydrogens is 278 g/mol. The highest BCUT2D eigenvalue weighted by atomic mass is 14.7. The minimum atomic E-state index is 1.08. The zero-order valence-electron chi connectivity index (χ0n) is 14.2. The van der Waals surface area contributed by atoms with Gasteiger partial charge in [0.25, 0.3) is 0 Å². The summed E-state index contributed by atoms with van der Waals surface area (Å²) in [4.78, 5) is 4.71. The first-order valence-electron chi connectivity index (χ1n) is 8.73. The number of aryl methyl sites for hydroxylation is 2. The van der Waals surface area contributed by atoms with Gasteiger partial charge in [0.05, 0.1) is 5.52 Å². The van der Waals surface area contributed by atoms with Crippen molar-refractivity contribution < 1.29 is 0 Å². The van der Waals surface area contributed by atoms with E-state index in [0.29, 0.717) is 0 Å². The first kappa shape index (κ1) is 15.7. The van der Waals surface area contributed by atoms with Crippen LogP contribution in [0.3, 0.4) is 0 Å². The lowest BCUT2D eigenvalue weighted by molar-refractivity contribution is 0.667. The van der Waals surface area contributed by atoms with E-state index in [9.17, 15) is 0 Å². The zero-order valence-corrected chi connectivity index (χ0v) is 14.2. The molecule has 0 spiro atoms. The first-order chi connectivity index (χ1) is 11.3. The molecule has 2 aromatic carbocycles. The van der Waals surface area contributed by atoms with Crippen molar-refractivity contribution in [3.63, 3.8) is 0 Å². The van der Waals surface area contributed by atoms with Crippen molar-refractivity contribution in [1.82, 2.24) is 4.98 Å². The van der Waals surface area contributed by atoms with E-state index in [4.69, 9.17) is 4.98 Å². The van der Waals surface area contributed by atoms with Gasteiger partial charge in [-0.1, -0.05) is 62.6 Å². The molecule has 1 aromatic heterocycles. The number of aromatic nitrogens is 1. The second kappa shape index (κ2) is 7.41. The van der Waals surface area contributed by atoms with Gasteiger partial charge in [-0.15, -0.1) is 0 Å². The van der Waals surface area contributed by atoms with Gasteiger partial charge in [0.15, 0.2) is 0 Å². The van der Waals surface area contributed by atoms with Crippen molar-refractivity contribution in [2.45, 2.75) is 46.0 Å². The molecule has 0 unspecified atom stereocenters. The van der Waals surface area contributed by atoms with Gasteiger partial charge in [0.1, 0.15) is 0 Å². The van der Waals surface area contributed by atoms with Crippen LogP contribution < -0.4 is 0 Å². The number of hydrogen-bond donors (Lipinski definition) is 0. The van der Waals surface area contributed by atoms with E-state index < -0.39 is 0 Å². The molecule has 23 heavy (non-hydrogen) atoms. The van der Waals surface area contributed by atoms with Crippen LogP contribution in [0.4, 0.5) is 0 Å². The summed E-state index contributed by atoms with van der Waals surface area (Å²) in [7, 11) is 0. The van der Waals surface area contributed by atoms with Gasteiger partial charge < -0.3 is 0 Å². The average Bonchev–Trinajstić information content (AvgIpc) is 2.59. The summed E-state index contributed by atoms with van der Waals surface area (Å²) in [5, 5.41) is 1.27. The third-order valence-corrected chi connectivity index (χ3v) is 4.40. The maximum atomic E-state index is 4.71. The molecular formula is C22H25N. The summed E-state index contributed by atoms with van der Waals surface area (Å²) in [6, 6.07) is 19.6. The van der Waals surface area contributed by atoms with Crippen LogP contribution in [-0.4, -0.2) is 4.98 Å². The zero-order chi connectivity index (χ0) is 16.1. The lowest BCUT2D eigenvalue weighted by Crippen LogP contribution is -1.92. The normalized spacial score (nSPS) is 11.0. The van der Waals surface area contributed by atoms with Crippen molar-refractivity contribution in [2.75, 3.05) is 0 Å². The third kappa shape index (κ3) is 3.79. The Kier molecular flexibility index (Phi) is 5.07. The number of rotatable bonds is 6. The quantitative estimate of drug-likeness (QED) is 0.485. The summed E-state index contributed by atoms with van der Waals surface area (Å²) in [6.07, 6.45) is 6.40. The van der Waals surface area contributed by atoms with Crippen LogP contribution in [0.25, 0.3) is 22.0 Å². The first-order valence-corrected chi connectivity index (χ1v) is 8.73. The molecule has 0 atom stereocenters. The maximum absolute atomic E-state index is 4.71. The molecule has 1 heterocycles. The number of benzene rings is 2. The number of hydrogen-bond acceptors (Lipinski definition) is 1. The molecule has 0 radical (unpaired) electrons. The fraction of sp³-hybridized carbons (Fsp3) is 0.318. The highest BCUT2D eigenvalue weighted by Gasteiger charge is 2.07. The monoisotopic (exact) mass is 303 g/mol. The van der Waals surface area contributed by atoms with E-state index in [-0.39, 0.29) is 0 Å². The fourth-order valence-corrected chi connectivity index (χ4v) is 3.17. The van der Waals surface area contributed by atoms with E-state index >= 15 is 0 Å². The highest BCUT2D eigenvalue weighted by molar-refractivity contribution is 5.95. The summed E-state index contributed by atoms with van der Waals surface area (Å²) in [5.74, 6) is 0. The Morgan fingerprint density at radius 3 is 2.48 bits per heavy atom. The van der Waals surface area contributed by atoms with Gasteiger partial charge in [0, 0.05) is 11.1 Å². The van der Waals surface area contributed by atoms with Gasteiger partial charge in [-0.3, -0.25) is 4.98 Å². The molecule has 0 aliphatic carbocycles. The number of unbranched alkanes of at least 4 members (excludes halogenated alkanes) is 3. The Morgan fingerprint density at radius 1 is 0.870 bits per heavy atom. The highest BCUT2D eigenvalue weighted by Crippen LogP contribution is 2.29. The molecule has 118 valence electrons. The molecule has 1 heteroatoms. The minimum absolute atomic E-state index is 1.08. The molecule has 0 aliphatic rings. The van der Waals surface area contributed by atoms with E-state index in [1.165, 1.54) is 47.8 Å².